The molecule has 0 aromatic heterocycles. The lowest BCUT2D eigenvalue weighted by Gasteiger charge is -2.12. The monoisotopic (exact) mass is 285 g/mol. The molecule has 0 spiro atoms. The van der Waals surface area contributed by atoms with Crippen molar-refractivity contribution in [2.75, 3.05) is 26.0 Å². The number of carboxylic acids is 1. The second-order valence-corrected chi connectivity index (χ2v) is 4.05. The maximum Gasteiger partial charge on any atom is 0.338 e. The van der Waals surface area contributed by atoms with E-state index in [0.29, 0.717) is 6.07 Å². The van der Waals surface area contributed by atoms with Gasteiger partial charge in [-0.05, 0) is 6.07 Å². The predicted molar refractivity (Wildman–Crippen MR) is 67.2 cm³/mol. The van der Waals surface area contributed by atoms with Crippen LogP contribution in [-0.4, -0.2) is 47.4 Å². The quantitative estimate of drug-likeness (QED) is 0.614. The van der Waals surface area contributed by atoms with Gasteiger partial charge in [0.1, 0.15) is 11.5 Å². The Labute approximate surface area is 113 Å². The number of carbonyl (C=O) groups is 2. The summed E-state index contributed by atoms with van der Waals surface area (Å²) in [6.45, 7) is -0.279. The SMILES string of the molecule is CN(C)C(=O)CNc1cc(C(=O)O)c(F)cc1[N+](=O)[O-]. The Hall–Kier alpha value is -2.71. The van der Waals surface area contributed by atoms with Crippen molar-refractivity contribution >= 4 is 23.3 Å². The zero-order valence-electron chi connectivity index (χ0n) is 10.7. The molecule has 8 nitrogen and oxygen atoms in total. The number of aromatic carboxylic acids is 1. The van der Waals surface area contributed by atoms with Gasteiger partial charge < -0.3 is 15.3 Å². The molecule has 0 fully saturated rings. The molecule has 0 heterocycles. The van der Waals surface area contributed by atoms with Crippen molar-refractivity contribution < 1.29 is 24.0 Å². The molecule has 0 unspecified atom stereocenters. The van der Waals surface area contributed by atoms with Crippen LogP contribution in [0.3, 0.4) is 0 Å². The summed E-state index contributed by atoms with van der Waals surface area (Å²) in [6, 6.07) is 1.30. The number of carbonyl (C=O) groups excluding carboxylic acids is 1. The fourth-order valence-corrected chi connectivity index (χ4v) is 1.35. The van der Waals surface area contributed by atoms with E-state index in [-0.39, 0.29) is 18.1 Å². The third kappa shape index (κ3) is 3.40. The van der Waals surface area contributed by atoms with Gasteiger partial charge in [0.15, 0.2) is 0 Å². The van der Waals surface area contributed by atoms with Gasteiger partial charge in [0.05, 0.1) is 23.1 Å². The highest BCUT2D eigenvalue weighted by atomic mass is 19.1. The van der Waals surface area contributed by atoms with Gasteiger partial charge in [-0.15, -0.1) is 0 Å². The normalized spacial score (nSPS) is 9.95. The second kappa shape index (κ2) is 5.95. The topological polar surface area (TPSA) is 113 Å². The largest absolute Gasteiger partial charge is 0.478 e. The van der Waals surface area contributed by atoms with Gasteiger partial charge >= 0.3 is 5.97 Å². The molecule has 108 valence electrons. The number of rotatable bonds is 5. The molecule has 9 heteroatoms. The molecule has 0 bridgehead atoms. The minimum absolute atomic E-state index is 0.232. The molecule has 1 aromatic carbocycles. The number of amides is 1. The van der Waals surface area contributed by atoms with Crippen LogP contribution in [0.2, 0.25) is 0 Å². The van der Waals surface area contributed by atoms with Gasteiger partial charge in [-0.1, -0.05) is 0 Å². The first-order chi connectivity index (χ1) is 9.23. The Morgan fingerprint density at radius 2 is 2.05 bits per heavy atom. The number of likely N-dealkylation sites (N-methyl/N-ethyl adjacent to an activating group) is 1. The van der Waals surface area contributed by atoms with Crippen molar-refractivity contribution in [3.63, 3.8) is 0 Å². The summed E-state index contributed by atoms with van der Waals surface area (Å²) in [5.74, 6) is -3.14. The molecule has 0 saturated carbocycles. The third-order valence-corrected chi connectivity index (χ3v) is 2.44. The molecule has 2 N–H and O–H groups in total. The summed E-state index contributed by atoms with van der Waals surface area (Å²) >= 11 is 0. The van der Waals surface area contributed by atoms with Crippen molar-refractivity contribution in [1.82, 2.24) is 4.90 Å². The number of hydrogen-bond acceptors (Lipinski definition) is 5. The molecule has 1 aromatic rings. The molecule has 0 aliphatic rings. The molecule has 0 saturated heterocycles. The third-order valence-electron chi connectivity index (χ3n) is 2.44. The van der Waals surface area contributed by atoms with Crippen LogP contribution in [0.25, 0.3) is 0 Å². The molecule has 1 amide bonds. The number of carboxylic acid groups (broad SMARTS) is 1. The summed E-state index contributed by atoms with van der Waals surface area (Å²) in [6.07, 6.45) is 0. The Morgan fingerprint density at radius 3 is 2.50 bits per heavy atom. The Kier molecular flexibility index (Phi) is 4.57. The zero-order chi connectivity index (χ0) is 15.4. The van der Waals surface area contributed by atoms with Crippen LogP contribution in [0, 0.1) is 15.9 Å². The first-order valence-corrected chi connectivity index (χ1v) is 5.39. The van der Waals surface area contributed by atoms with Crippen molar-refractivity contribution in [3.05, 3.63) is 33.6 Å². The van der Waals surface area contributed by atoms with Gasteiger partial charge in [0.2, 0.25) is 5.91 Å². The van der Waals surface area contributed by atoms with E-state index >= 15 is 0 Å². The van der Waals surface area contributed by atoms with E-state index in [1.54, 1.807) is 0 Å². The average molecular weight is 285 g/mol. The van der Waals surface area contributed by atoms with Crippen LogP contribution < -0.4 is 5.32 Å². The highest BCUT2D eigenvalue weighted by molar-refractivity contribution is 5.91. The van der Waals surface area contributed by atoms with E-state index in [1.807, 2.05) is 0 Å². The van der Waals surface area contributed by atoms with Crippen molar-refractivity contribution in [1.29, 1.82) is 0 Å². The number of nitrogens with zero attached hydrogens (tertiary/aromatic N) is 2. The Morgan fingerprint density at radius 1 is 1.45 bits per heavy atom. The molecular formula is C11H12FN3O5. The molecule has 0 aliphatic heterocycles. The number of anilines is 1. The molecule has 20 heavy (non-hydrogen) atoms. The standard InChI is InChI=1S/C11H12FN3O5/c1-14(2)10(16)5-13-8-3-6(11(17)18)7(12)4-9(8)15(19)20/h3-4,13H,5H2,1-2H3,(H,17,18). The van der Waals surface area contributed by atoms with Crippen LogP contribution >= 0.6 is 0 Å². The van der Waals surface area contributed by atoms with Crippen molar-refractivity contribution in [3.8, 4) is 0 Å². The lowest BCUT2D eigenvalue weighted by Crippen LogP contribution is -2.28. The summed E-state index contributed by atoms with van der Waals surface area (Å²) in [5.41, 5.74) is -1.58. The average Bonchev–Trinajstić information content (AvgIpc) is 2.35. The van der Waals surface area contributed by atoms with Crippen molar-refractivity contribution in [2.24, 2.45) is 0 Å². The van der Waals surface area contributed by atoms with E-state index in [0.717, 1.165) is 6.07 Å². The lowest BCUT2D eigenvalue weighted by atomic mass is 10.1. The highest BCUT2D eigenvalue weighted by Gasteiger charge is 2.22. The summed E-state index contributed by atoms with van der Waals surface area (Å²) in [4.78, 5) is 33.4. The van der Waals surface area contributed by atoms with E-state index in [9.17, 15) is 24.1 Å². The van der Waals surface area contributed by atoms with Crippen molar-refractivity contribution in [2.45, 2.75) is 0 Å². The van der Waals surface area contributed by atoms with Crippen LogP contribution in [0.1, 0.15) is 10.4 Å². The minimum atomic E-state index is -1.56. The fourth-order valence-electron chi connectivity index (χ4n) is 1.35. The summed E-state index contributed by atoms with van der Waals surface area (Å²) < 4.78 is 13.4. The van der Waals surface area contributed by atoms with Gasteiger partial charge in [0, 0.05) is 14.1 Å². The number of nitro groups is 1. The smallest absolute Gasteiger partial charge is 0.338 e. The lowest BCUT2D eigenvalue weighted by molar-refractivity contribution is -0.384. The number of benzene rings is 1. The van der Waals surface area contributed by atoms with Gasteiger partial charge in [0.25, 0.3) is 5.69 Å². The number of hydrogen-bond donors (Lipinski definition) is 2. The highest BCUT2D eigenvalue weighted by Crippen LogP contribution is 2.27. The van der Waals surface area contributed by atoms with E-state index in [2.05, 4.69) is 5.32 Å². The van der Waals surface area contributed by atoms with E-state index in [1.165, 1.54) is 19.0 Å². The van der Waals surface area contributed by atoms with Gasteiger partial charge in [-0.2, -0.15) is 0 Å². The zero-order valence-corrected chi connectivity index (χ0v) is 10.7. The maximum atomic E-state index is 13.4. The summed E-state index contributed by atoms with van der Waals surface area (Å²) in [7, 11) is 2.98. The molecule has 0 atom stereocenters. The van der Waals surface area contributed by atoms with Gasteiger partial charge in [-0.25, -0.2) is 9.18 Å². The van der Waals surface area contributed by atoms with Crippen LogP contribution in [0.5, 0.6) is 0 Å². The molecule has 0 radical (unpaired) electrons. The van der Waals surface area contributed by atoms with E-state index in [4.69, 9.17) is 5.11 Å². The first-order valence-electron chi connectivity index (χ1n) is 5.39. The second-order valence-electron chi connectivity index (χ2n) is 4.05. The molecular weight excluding hydrogens is 273 g/mol. The molecule has 0 aliphatic carbocycles. The number of nitro benzene ring substituents is 1. The van der Waals surface area contributed by atoms with Crippen LogP contribution in [-0.2, 0) is 4.79 Å². The minimum Gasteiger partial charge on any atom is -0.478 e. The number of halogens is 1. The van der Waals surface area contributed by atoms with Crippen LogP contribution in [0.4, 0.5) is 15.8 Å². The molecule has 1 rings (SSSR count). The Balaban J connectivity index is 3.14. The first kappa shape index (κ1) is 15.3. The van der Waals surface area contributed by atoms with Gasteiger partial charge in [-0.3, -0.25) is 14.9 Å². The van der Waals surface area contributed by atoms with Crippen LogP contribution in [0.15, 0.2) is 12.1 Å². The van der Waals surface area contributed by atoms with E-state index < -0.39 is 28.0 Å². The maximum absolute atomic E-state index is 13.4. The number of nitrogens with one attached hydrogen (secondary N) is 1. The fraction of sp³-hybridized carbons (Fsp3) is 0.273. The Bertz CT molecular complexity index is 573. The summed E-state index contributed by atoms with van der Waals surface area (Å²) in [5, 5.41) is 22.0. The predicted octanol–water partition coefficient (Wildman–Crippen LogP) is 0.932.